The van der Waals surface area contributed by atoms with E-state index in [-0.39, 0.29) is 5.91 Å². The summed E-state index contributed by atoms with van der Waals surface area (Å²) in [6.07, 6.45) is 3.87. The summed E-state index contributed by atoms with van der Waals surface area (Å²) in [5, 5.41) is 4.38. The lowest BCUT2D eigenvalue weighted by Gasteiger charge is -2.26. The van der Waals surface area contributed by atoms with Crippen LogP contribution in [-0.2, 0) is 13.1 Å². The minimum absolute atomic E-state index is 0.0493. The van der Waals surface area contributed by atoms with E-state index >= 15 is 0 Å². The average Bonchev–Trinajstić information content (AvgIpc) is 3.07. The molecule has 0 atom stereocenters. The molecule has 0 radical (unpaired) electrons. The number of halogens is 1. The van der Waals surface area contributed by atoms with E-state index in [0.717, 1.165) is 28.1 Å². The minimum Gasteiger partial charge on any atom is -0.331 e. The van der Waals surface area contributed by atoms with Crippen LogP contribution in [0.3, 0.4) is 0 Å². The van der Waals surface area contributed by atoms with Crippen molar-refractivity contribution in [1.29, 1.82) is 0 Å². The van der Waals surface area contributed by atoms with Crippen molar-refractivity contribution in [3.63, 3.8) is 0 Å². The van der Waals surface area contributed by atoms with E-state index in [1.165, 1.54) is 0 Å². The van der Waals surface area contributed by atoms with Gasteiger partial charge >= 0.3 is 0 Å². The second kappa shape index (κ2) is 4.95. The fraction of sp³-hybridized carbons (Fsp3) is 0.267. The highest BCUT2D eigenvalue weighted by atomic mass is 79.9. The first-order valence-corrected chi connectivity index (χ1v) is 7.86. The Morgan fingerprint density at radius 3 is 3.00 bits per heavy atom. The molecule has 0 aliphatic carbocycles. The summed E-state index contributed by atoms with van der Waals surface area (Å²) in [5.41, 5.74) is 2.36. The van der Waals surface area contributed by atoms with Crippen molar-refractivity contribution >= 4 is 27.4 Å². The Morgan fingerprint density at radius 1 is 1.27 bits per heavy atom. The summed E-state index contributed by atoms with van der Waals surface area (Å²) in [7, 11) is 0. The Bertz CT molecular complexity index is 881. The third-order valence-corrected chi connectivity index (χ3v) is 4.32. The molecule has 112 valence electrons. The largest absolute Gasteiger partial charge is 0.331 e. The fourth-order valence-corrected chi connectivity index (χ4v) is 3.12. The number of carbonyl (C=O) groups is 1. The van der Waals surface area contributed by atoms with Gasteiger partial charge in [-0.1, -0.05) is 0 Å². The molecule has 4 heterocycles. The second-order valence-electron chi connectivity index (χ2n) is 5.46. The summed E-state index contributed by atoms with van der Waals surface area (Å²) < 4.78 is 4.75. The Hall–Kier alpha value is -2.15. The molecule has 22 heavy (non-hydrogen) atoms. The number of imidazole rings is 1. The first-order valence-electron chi connectivity index (χ1n) is 7.07. The Balaban J connectivity index is 1.63. The predicted octanol–water partition coefficient (Wildman–Crippen LogP) is 2.26. The van der Waals surface area contributed by atoms with Crippen LogP contribution in [0.1, 0.15) is 22.0 Å². The van der Waals surface area contributed by atoms with Crippen molar-refractivity contribution < 1.29 is 4.79 Å². The van der Waals surface area contributed by atoms with Crippen LogP contribution in [0, 0.1) is 6.92 Å². The first kappa shape index (κ1) is 13.5. The van der Waals surface area contributed by atoms with E-state index in [1.54, 1.807) is 9.42 Å². The van der Waals surface area contributed by atoms with Gasteiger partial charge in [-0.05, 0) is 41.1 Å². The highest BCUT2D eigenvalue weighted by Crippen LogP contribution is 2.17. The van der Waals surface area contributed by atoms with Gasteiger partial charge in [0, 0.05) is 30.0 Å². The highest BCUT2D eigenvalue weighted by Gasteiger charge is 2.24. The number of aromatic nitrogens is 4. The summed E-state index contributed by atoms with van der Waals surface area (Å²) in [6, 6.07) is 5.69. The van der Waals surface area contributed by atoms with Crippen molar-refractivity contribution in [1.82, 2.24) is 24.1 Å². The second-order valence-corrected chi connectivity index (χ2v) is 6.38. The molecule has 0 spiro atoms. The molecule has 4 rings (SSSR count). The van der Waals surface area contributed by atoms with Crippen molar-refractivity contribution in [3.8, 4) is 0 Å². The van der Waals surface area contributed by atoms with Crippen molar-refractivity contribution in [3.05, 3.63) is 52.3 Å². The lowest BCUT2D eigenvalue weighted by Crippen LogP contribution is -2.38. The summed E-state index contributed by atoms with van der Waals surface area (Å²) in [6.45, 7) is 3.96. The topological polar surface area (TPSA) is 55.4 Å². The standard InChI is InChI=1S/C15H14BrN5O/c1-10-7-19-4-5-20(9-14(19)17-10)15(22)13-6-12-3-2-11(16)8-21(12)18-13/h2-3,6-8H,4-5,9H2,1H3. The van der Waals surface area contributed by atoms with Gasteiger partial charge in [0.2, 0.25) is 0 Å². The number of carbonyl (C=O) groups excluding carboxylic acids is 1. The van der Waals surface area contributed by atoms with E-state index in [4.69, 9.17) is 0 Å². The lowest BCUT2D eigenvalue weighted by molar-refractivity contribution is 0.0701. The SMILES string of the molecule is Cc1cn2c(n1)CN(C(=O)c1cc3ccc(Br)cn3n1)CC2. The highest BCUT2D eigenvalue weighted by molar-refractivity contribution is 9.10. The first-order chi connectivity index (χ1) is 10.6. The summed E-state index contributed by atoms with van der Waals surface area (Å²) >= 11 is 3.41. The number of nitrogens with zero attached hydrogens (tertiary/aromatic N) is 5. The molecule has 6 nitrogen and oxygen atoms in total. The van der Waals surface area contributed by atoms with Gasteiger partial charge in [0.25, 0.3) is 5.91 Å². The van der Waals surface area contributed by atoms with Gasteiger partial charge in [-0.25, -0.2) is 9.50 Å². The summed E-state index contributed by atoms with van der Waals surface area (Å²) in [4.78, 5) is 18.9. The van der Waals surface area contributed by atoms with Crippen molar-refractivity contribution in [2.75, 3.05) is 6.54 Å². The van der Waals surface area contributed by atoms with Crippen LogP contribution < -0.4 is 0 Å². The van der Waals surface area contributed by atoms with Crippen LogP contribution in [0.2, 0.25) is 0 Å². The van der Waals surface area contributed by atoms with Crippen LogP contribution >= 0.6 is 15.9 Å². The van der Waals surface area contributed by atoms with Crippen molar-refractivity contribution in [2.24, 2.45) is 0 Å². The van der Waals surface area contributed by atoms with Gasteiger partial charge in [-0.15, -0.1) is 0 Å². The molecule has 0 aromatic carbocycles. The molecule has 0 N–H and O–H groups in total. The number of aryl methyl sites for hydroxylation is 1. The molecule has 7 heteroatoms. The van der Waals surface area contributed by atoms with Crippen molar-refractivity contribution in [2.45, 2.75) is 20.0 Å². The Morgan fingerprint density at radius 2 is 2.14 bits per heavy atom. The number of fused-ring (bicyclic) bond motifs is 2. The Labute approximate surface area is 135 Å². The molecule has 0 unspecified atom stereocenters. The van der Waals surface area contributed by atoms with E-state index in [2.05, 4.69) is 30.6 Å². The number of rotatable bonds is 1. The molecule has 1 amide bonds. The van der Waals surface area contributed by atoms with Gasteiger partial charge in [-0.2, -0.15) is 5.10 Å². The van der Waals surface area contributed by atoms with Crippen LogP contribution in [0.25, 0.3) is 5.52 Å². The third kappa shape index (κ3) is 2.21. The van der Waals surface area contributed by atoms with Gasteiger partial charge in [0.1, 0.15) is 5.82 Å². The molecule has 3 aromatic heterocycles. The molecule has 0 saturated heterocycles. The lowest BCUT2D eigenvalue weighted by atomic mass is 10.3. The van der Waals surface area contributed by atoms with Crippen LogP contribution in [-0.4, -0.2) is 36.5 Å². The maximum atomic E-state index is 12.7. The van der Waals surface area contributed by atoms with Crippen LogP contribution in [0.15, 0.2) is 35.1 Å². The zero-order chi connectivity index (χ0) is 15.3. The smallest absolute Gasteiger partial charge is 0.274 e. The Kier molecular flexibility index (Phi) is 3.04. The van der Waals surface area contributed by atoms with Gasteiger partial charge in [0.15, 0.2) is 5.69 Å². The zero-order valence-corrected chi connectivity index (χ0v) is 13.6. The number of hydrogen-bond donors (Lipinski definition) is 0. The molecule has 0 saturated carbocycles. The quantitative estimate of drug-likeness (QED) is 0.669. The number of hydrogen-bond acceptors (Lipinski definition) is 3. The third-order valence-electron chi connectivity index (χ3n) is 3.85. The van der Waals surface area contributed by atoms with E-state index in [1.807, 2.05) is 37.5 Å². The summed E-state index contributed by atoms with van der Waals surface area (Å²) in [5.74, 6) is 0.885. The average molecular weight is 360 g/mol. The molecule has 1 aliphatic rings. The molecule has 1 aliphatic heterocycles. The molecular weight excluding hydrogens is 346 g/mol. The monoisotopic (exact) mass is 359 g/mol. The fourth-order valence-electron chi connectivity index (χ4n) is 2.80. The van der Waals surface area contributed by atoms with E-state index in [9.17, 15) is 4.79 Å². The van der Waals surface area contributed by atoms with E-state index in [0.29, 0.717) is 18.8 Å². The normalized spacial score (nSPS) is 14.4. The predicted molar refractivity (Wildman–Crippen MR) is 84.6 cm³/mol. The maximum absolute atomic E-state index is 12.7. The maximum Gasteiger partial charge on any atom is 0.274 e. The van der Waals surface area contributed by atoms with Crippen LogP contribution in [0.5, 0.6) is 0 Å². The number of amides is 1. The molecule has 0 fully saturated rings. The minimum atomic E-state index is -0.0493. The van der Waals surface area contributed by atoms with Gasteiger partial charge < -0.3 is 9.47 Å². The van der Waals surface area contributed by atoms with Gasteiger partial charge in [-0.3, -0.25) is 4.79 Å². The number of pyridine rings is 1. The molecule has 0 bridgehead atoms. The zero-order valence-electron chi connectivity index (χ0n) is 12.0. The van der Waals surface area contributed by atoms with E-state index < -0.39 is 0 Å². The molecular formula is C15H14BrN5O. The van der Waals surface area contributed by atoms with Gasteiger partial charge in [0.05, 0.1) is 17.8 Å². The van der Waals surface area contributed by atoms with Crippen LogP contribution in [0.4, 0.5) is 0 Å². The molecule has 3 aromatic rings.